The number of carboxylic acid groups (broad SMARTS) is 1. The van der Waals surface area contributed by atoms with Crippen LogP contribution in [0.5, 0.6) is 5.75 Å². The Bertz CT molecular complexity index is 501. The molecular formula is C15H20N2O4. The van der Waals surface area contributed by atoms with Crippen molar-refractivity contribution in [2.45, 2.75) is 12.8 Å². The van der Waals surface area contributed by atoms with E-state index in [9.17, 15) is 14.7 Å². The molecule has 1 heterocycles. The summed E-state index contributed by atoms with van der Waals surface area (Å²) in [6.07, 6.45) is 1.09. The van der Waals surface area contributed by atoms with Crippen molar-refractivity contribution in [2.24, 2.45) is 0 Å². The van der Waals surface area contributed by atoms with Gasteiger partial charge in [-0.15, -0.1) is 0 Å². The predicted molar refractivity (Wildman–Crippen MR) is 77.1 cm³/mol. The van der Waals surface area contributed by atoms with Gasteiger partial charge in [-0.05, 0) is 24.1 Å². The fourth-order valence-electron chi connectivity index (χ4n) is 2.47. The minimum Gasteiger partial charge on any atom is -0.508 e. The van der Waals surface area contributed by atoms with E-state index in [1.165, 1.54) is 0 Å². The van der Waals surface area contributed by atoms with Crippen molar-refractivity contribution in [1.82, 2.24) is 9.80 Å². The summed E-state index contributed by atoms with van der Waals surface area (Å²) in [7, 11) is 0. The largest absolute Gasteiger partial charge is 0.508 e. The van der Waals surface area contributed by atoms with E-state index < -0.39 is 5.97 Å². The van der Waals surface area contributed by atoms with Crippen LogP contribution in [0, 0.1) is 0 Å². The van der Waals surface area contributed by atoms with Gasteiger partial charge in [-0.2, -0.15) is 0 Å². The van der Waals surface area contributed by atoms with Gasteiger partial charge in [0.2, 0.25) is 5.91 Å². The Morgan fingerprint density at radius 1 is 1.05 bits per heavy atom. The van der Waals surface area contributed by atoms with Gasteiger partial charge in [0.05, 0.1) is 13.0 Å². The molecule has 0 aliphatic carbocycles. The molecule has 1 amide bonds. The first-order chi connectivity index (χ1) is 10.0. The average molecular weight is 292 g/mol. The van der Waals surface area contributed by atoms with Crippen LogP contribution in [0.25, 0.3) is 0 Å². The lowest BCUT2D eigenvalue weighted by Crippen LogP contribution is -2.37. The number of aromatic hydroxyl groups is 1. The van der Waals surface area contributed by atoms with Gasteiger partial charge >= 0.3 is 5.97 Å². The molecule has 6 nitrogen and oxygen atoms in total. The van der Waals surface area contributed by atoms with Gasteiger partial charge in [-0.3, -0.25) is 14.5 Å². The quantitative estimate of drug-likeness (QED) is 0.847. The molecule has 21 heavy (non-hydrogen) atoms. The Labute approximate surface area is 123 Å². The molecule has 1 aromatic rings. The Kier molecular flexibility index (Phi) is 5.16. The predicted octanol–water partition coefficient (Wildman–Crippen LogP) is 0.554. The molecular weight excluding hydrogens is 272 g/mol. The number of carboxylic acids is 1. The van der Waals surface area contributed by atoms with E-state index in [-0.39, 0.29) is 18.2 Å². The van der Waals surface area contributed by atoms with Gasteiger partial charge in [0.15, 0.2) is 0 Å². The molecule has 0 spiro atoms. The number of hydrogen-bond acceptors (Lipinski definition) is 4. The lowest BCUT2D eigenvalue weighted by Gasteiger charge is -2.21. The molecule has 1 aliphatic heterocycles. The van der Waals surface area contributed by atoms with Crippen molar-refractivity contribution < 1.29 is 19.8 Å². The smallest absolute Gasteiger partial charge is 0.317 e. The number of hydrogen-bond donors (Lipinski definition) is 2. The van der Waals surface area contributed by atoms with Crippen LogP contribution in [0.15, 0.2) is 24.3 Å². The summed E-state index contributed by atoms with van der Waals surface area (Å²) in [6, 6.07) is 6.61. The third-order valence-corrected chi connectivity index (χ3v) is 3.59. The minimum absolute atomic E-state index is 0.0278. The molecule has 2 rings (SSSR count). The number of phenols is 1. The summed E-state index contributed by atoms with van der Waals surface area (Å²) in [5, 5.41) is 18.0. The summed E-state index contributed by atoms with van der Waals surface area (Å²) < 4.78 is 0. The lowest BCUT2D eigenvalue weighted by atomic mass is 10.1. The van der Waals surface area contributed by atoms with Crippen LogP contribution in [0.4, 0.5) is 0 Å². The maximum Gasteiger partial charge on any atom is 0.317 e. The summed E-state index contributed by atoms with van der Waals surface area (Å²) in [4.78, 5) is 26.6. The Hall–Kier alpha value is -2.08. The van der Waals surface area contributed by atoms with E-state index in [2.05, 4.69) is 0 Å². The SMILES string of the molecule is O=C(O)CN1CCCN(C(=O)Cc2ccc(O)cc2)CC1. The zero-order chi connectivity index (χ0) is 15.2. The topological polar surface area (TPSA) is 81.1 Å². The monoisotopic (exact) mass is 292 g/mol. The van der Waals surface area contributed by atoms with E-state index in [0.29, 0.717) is 32.6 Å². The maximum atomic E-state index is 12.3. The standard InChI is InChI=1S/C15H20N2O4/c18-13-4-2-12(3-5-13)10-14(19)17-7-1-6-16(8-9-17)11-15(20)21/h2-5,18H,1,6-11H2,(H,20,21). The molecule has 0 unspecified atom stereocenters. The van der Waals surface area contributed by atoms with Crippen LogP contribution in [-0.4, -0.2) is 64.6 Å². The van der Waals surface area contributed by atoms with E-state index in [1.54, 1.807) is 29.2 Å². The van der Waals surface area contributed by atoms with E-state index in [1.807, 2.05) is 4.90 Å². The first kappa shape index (κ1) is 15.3. The maximum absolute atomic E-state index is 12.3. The average Bonchev–Trinajstić information content (AvgIpc) is 2.66. The van der Waals surface area contributed by atoms with E-state index >= 15 is 0 Å². The van der Waals surface area contributed by atoms with Crippen molar-refractivity contribution in [3.8, 4) is 5.75 Å². The lowest BCUT2D eigenvalue weighted by molar-refractivity contribution is -0.138. The summed E-state index contributed by atoms with van der Waals surface area (Å²) in [5.41, 5.74) is 0.865. The fourth-order valence-corrected chi connectivity index (χ4v) is 2.47. The zero-order valence-electron chi connectivity index (χ0n) is 11.9. The van der Waals surface area contributed by atoms with Crippen molar-refractivity contribution in [2.75, 3.05) is 32.7 Å². The van der Waals surface area contributed by atoms with Gasteiger partial charge in [0, 0.05) is 26.2 Å². The number of aliphatic carboxylic acids is 1. The first-order valence-corrected chi connectivity index (χ1v) is 7.04. The highest BCUT2D eigenvalue weighted by Crippen LogP contribution is 2.12. The summed E-state index contributed by atoms with van der Waals surface area (Å²) in [5.74, 6) is -0.609. The number of carbonyl (C=O) groups is 2. The number of nitrogens with zero attached hydrogens (tertiary/aromatic N) is 2. The number of amides is 1. The molecule has 0 bridgehead atoms. The van der Waals surface area contributed by atoms with Gasteiger partial charge in [-0.1, -0.05) is 12.1 Å². The van der Waals surface area contributed by atoms with Crippen LogP contribution in [0.3, 0.4) is 0 Å². The zero-order valence-corrected chi connectivity index (χ0v) is 11.9. The fraction of sp³-hybridized carbons (Fsp3) is 0.467. The normalized spacial score (nSPS) is 16.5. The van der Waals surface area contributed by atoms with Gasteiger partial charge < -0.3 is 15.1 Å². The molecule has 6 heteroatoms. The van der Waals surface area contributed by atoms with E-state index in [0.717, 1.165) is 12.0 Å². The van der Waals surface area contributed by atoms with E-state index in [4.69, 9.17) is 5.11 Å². The molecule has 0 aromatic heterocycles. The van der Waals surface area contributed by atoms with Crippen LogP contribution < -0.4 is 0 Å². The van der Waals surface area contributed by atoms with Crippen molar-refractivity contribution >= 4 is 11.9 Å². The molecule has 1 saturated heterocycles. The highest BCUT2D eigenvalue weighted by Gasteiger charge is 2.20. The Balaban J connectivity index is 1.88. The summed E-state index contributed by atoms with van der Waals surface area (Å²) in [6.45, 7) is 2.54. The van der Waals surface area contributed by atoms with Crippen LogP contribution in [-0.2, 0) is 16.0 Å². The Morgan fingerprint density at radius 2 is 1.76 bits per heavy atom. The second-order valence-corrected chi connectivity index (χ2v) is 5.25. The van der Waals surface area contributed by atoms with Crippen molar-refractivity contribution in [1.29, 1.82) is 0 Å². The third-order valence-electron chi connectivity index (χ3n) is 3.59. The second-order valence-electron chi connectivity index (χ2n) is 5.25. The van der Waals surface area contributed by atoms with Crippen LogP contribution >= 0.6 is 0 Å². The molecule has 1 aliphatic rings. The second kappa shape index (κ2) is 7.08. The first-order valence-electron chi connectivity index (χ1n) is 7.04. The minimum atomic E-state index is -0.834. The molecule has 0 atom stereocenters. The number of benzene rings is 1. The molecule has 2 N–H and O–H groups in total. The Morgan fingerprint density at radius 3 is 2.43 bits per heavy atom. The molecule has 1 aromatic carbocycles. The molecule has 1 fully saturated rings. The number of carbonyl (C=O) groups excluding carboxylic acids is 1. The van der Waals surface area contributed by atoms with Gasteiger partial charge in [0.25, 0.3) is 0 Å². The van der Waals surface area contributed by atoms with Crippen LogP contribution in [0.2, 0.25) is 0 Å². The number of rotatable bonds is 4. The highest BCUT2D eigenvalue weighted by molar-refractivity contribution is 5.78. The molecule has 0 saturated carbocycles. The third kappa shape index (κ3) is 4.75. The highest BCUT2D eigenvalue weighted by atomic mass is 16.4. The van der Waals surface area contributed by atoms with Crippen LogP contribution in [0.1, 0.15) is 12.0 Å². The molecule has 0 radical (unpaired) electrons. The van der Waals surface area contributed by atoms with Crippen molar-refractivity contribution in [3.05, 3.63) is 29.8 Å². The summed E-state index contributed by atoms with van der Waals surface area (Å²) >= 11 is 0. The number of phenolic OH excluding ortho intramolecular Hbond substituents is 1. The molecule has 114 valence electrons. The van der Waals surface area contributed by atoms with Crippen molar-refractivity contribution in [3.63, 3.8) is 0 Å². The van der Waals surface area contributed by atoms with Gasteiger partial charge in [0.1, 0.15) is 5.75 Å². The van der Waals surface area contributed by atoms with Gasteiger partial charge in [-0.25, -0.2) is 0 Å².